The van der Waals surface area contributed by atoms with Gasteiger partial charge in [0.1, 0.15) is 9.71 Å². The number of carbonyl (C=O) groups excluding carboxylic acids is 1. The van der Waals surface area contributed by atoms with E-state index in [1.807, 2.05) is 6.07 Å². The highest BCUT2D eigenvalue weighted by Gasteiger charge is 2.26. The summed E-state index contributed by atoms with van der Waals surface area (Å²) < 4.78 is 2.17. The summed E-state index contributed by atoms with van der Waals surface area (Å²) in [7, 11) is 0. The zero-order valence-corrected chi connectivity index (χ0v) is 17.4. The Kier molecular flexibility index (Phi) is 4.47. The molecule has 1 amide bonds. The Morgan fingerprint density at radius 2 is 1.90 bits per heavy atom. The van der Waals surface area contributed by atoms with Crippen molar-refractivity contribution in [2.45, 2.75) is 39.2 Å². The number of pyridine rings is 1. The highest BCUT2D eigenvalue weighted by Crippen LogP contribution is 2.36. The number of fused-ring (bicyclic) bond motifs is 2. The number of carbonyl (C=O) groups is 1. The van der Waals surface area contributed by atoms with Crippen molar-refractivity contribution < 1.29 is 4.79 Å². The number of hydrogen-bond acceptors (Lipinski definition) is 3. The number of rotatable bonds is 3. The molecule has 1 unspecified atom stereocenters. The summed E-state index contributed by atoms with van der Waals surface area (Å²) >= 11 is 1.47. The number of hydrogen-bond donors (Lipinski definition) is 1. The fourth-order valence-electron chi connectivity index (χ4n) is 4.44. The minimum Gasteiger partial charge on any atom is -0.344 e. The van der Waals surface area contributed by atoms with Crippen LogP contribution in [0.25, 0.3) is 15.9 Å². The molecule has 3 aromatic heterocycles. The fourth-order valence-corrected chi connectivity index (χ4v) is 5.48. The molecule has 0 saturated carbocycles. The molecular formula is C24H23N3OS. The van der Waals surface area contributed by atoms with E-state index in [-0.39, 0.29) is 11.9 Å². The van der Waals surface area contributed by atoms with Crippen molar-refractivity contribution >= 4 is 27.5 Å². The minimum atomic E-state index is -0.0165. The van der Waals surface area contributed by atoms with E-state index in [1.54, 1.807) is 6.20 Å². The third-order valence-corrected chi connectivity index (χ3v) is 6.92. The molecule has 1 aromatic carbocycles. The lowest BCUT2D eigenvalue weighted by atomic mass is 9.88. The van der Waals surface area contributed by atoms with E-state index in [2.05, 4.69) is 71.2 Å². The van der Waals surface area contributed by atoms with Crippen LogP contribution in [0.1, 0.15) is 51.1 Å². The van der Waals surface area contributed by atoms with Gasteiger partial charge in [-0.25, -0.2) is 4.98 Å². The van der Waals surface area contributed by atoms with Crippen LogP contribution in [0.3, 0.4) is 0 Å². The van der Waals surface area contributed by atoms with Crippen LogP contribution in [0.4, 0.5) is 0 Å². The molecule has 1 aliphatic carbocycles. The lowest BCUT2D eigenvalue weighted by molar-refractivity contribution is 0.0937. The van der Waals surface area contributed by atoms with E-state index in [4.69, 9.17) is 0 Å². The predicted molar refractivity (Wildman–Crippen MR) is 118 cm³/mol. The molecule has 0 spiro atoms. The molecule has 4 aromatic rings. The van der Waals surface area contributed by atoms with Crippen molar-refractivity contribution in [3.8, 4) is 5.69 Å². The molecular weight excluding hydrogens is 378 g/mol. The van der Waals surface area contributed by atoms with Crippen LogP contribution in [0, 0.1) is 13.8 Å². The van der Waals surface area contributed by atoms with Crippen molar-refractivity contribution in [1.82, 2.24) is 14.9 Å². The number of amides is 1. The largest absolute Gasteiger partial charge is 0.344 e. The van der Waals surface area contributed by atoms with Gasteiger partial charge in [-0.2, -0.15) is 0 Å². The highest BCUT2D eigenvalue weighted by molar-refractivity contribution is 7.21. The molecule has 29 heavy (non-hydrogen) atoms. The summed E-state index contributed by atoms with van der Waals surface area (Å²) in [5.41, 5.74) is 5.77. The van der Waals surface area contributed by atoms with Crippen LogP contribution in [0.2, 0.25) is 0 Å². The molecule has 146 valence electrons. The average molecular weight is 402 g/mol. The Balaban J connectivity index is 1.59. The molecule has 0 bridgehead atoms. The second kappa shape index (κ2) is 7.16. The van der Waals surface area contributed by atoms with Gasteiger partial charge in [-0.15, -0.1) is 11.3 Å². The van der Waals surface area contributed by atoms with Gasteiger partial charge in [0.05, 0.1) is 11.7 Å². The van der Waals surface area contributed by atoms with E-state index in [0.29, 0.717) is 0 Å². The maximum absolute atomic E-state index is 13.5. The van der Waals surface area contributed by atoms with Gasteiger partial charge >= 0.3 is 0 Å². The molecule has 1 atom stereocenters. The van der Waals surface area contributed by atoms with Gasteiger partial charge in [0.2, 0.25) is 0 Å². The molecule has 0 saturated heterocycles. The van der Waals surface area contributed by atoms with Gasteiger partial charge in [-0.05, 0) is 68.5 Å². The lowest BCUT2D eigenvalue weighted by Crippen LogP contribution is -2.31. The topological polar surface area (TPSA) is 46.9 Å². The molecule has 3 heterocycles. The number of aromatic nitrogens is 2. The first-order valence-corrected chi connectivity index (χ1v) is 10.9. The van der Waals surface area contributed by atoms with Crippen molar-refractivity contribution in [3.63, 3.8) is 0 Å². The summed E-state index contributed by atoms with van der Waals surface area (Å²) in [6.07, 6.45) is 4.95. The number of nitrogens with one attached hydrogen (secondary N) is 1. The maximum Gasteiger partial charge on any atom is 0.264 e. The zero-order chi connectivity index (χ0) is 20.0. The Hall–Kier alpha value is -2.92. The summed E-state index contributed by atoms with van der Waals surface area (Å²) in [5.74, 6) is -0.0165. The second-order valence-corrected chi connectivity index (χ2v) is 8.70. The predicted octanol–water partition coefficient (Wildman–Crippen LogP) is 5.51. The Morgan fingerprint density at radius 3 is 2.72 bits per heavy atom. The summed E-state index contributed by atoms with van der Waals surface area (Å²) in [6.45, 7) is 4.15. The molecule has 4 nitrogen and oxygen atoms in total. The van der Waals surface area contributed by atoms with Crippen LogP contribution in [-0.2, 0) is 6.42 Å². The van der Waals surface area contributed by atoms with Crippen LogP contribution in [0.5, 0.6) is 0 Å². The molecule has 0 fully saturated rings. The Bertz CT molecular complexity index is 1200. The lowest BCUT2D eigenvalue weighted by Gasteiger charge is -2.26. The van der Waals surface area contributed by atoms with E-state index in [0.717, 1.165) is 51.4 Å². The SMILES string of the molecule is Cc1ccc(C)n1-c1c(C(=O)NC2CCCc3ccccc32)sc2ncccc12. The third kappa shape index (κ3) is 3.06. The molecule has 0 aliphatic heterocycles. The summed E-state index contributed by atoms with van der Waals surface area (Å²) in [5, 5.41) is 4.35. The number of nitrogens with zero attached hydrogens (tertiary/aromatic N) is 2. The third-order valence-electron chi connectivity index (χ3n) is 5.82. The van der Waals surface area contributed by atoms with Gasteiger partial charge < -0.3 is 9.88 Å². The molecule has 1 aliphatic rings. The quantitative estimate of drug-likeness (QED) is 0.492. The standard InChI is InChI=1S/C24H23N3OS/c1-15-12-13-16(2)27(15)21-19-10-6-14-25-24(19)29-22(21)23(28)26-20-11-5-8-17-7-3-4-9-18(17)20/h3-4,6-7,9-10,12-14,20H,5,8,11H2,1-2H3,(H,26,28). The van der Waals surface area contributed by atoms with E-state index >= 15 is 0 Å². The van der Waals surface area contributed by atoms with Crippen molar-refractivity contribution in [3.05, 3.63) is 82.1 Å². The highest BCUT2D eigenvalue weighted by atomic mass is 32.1. The molecule has 5 heteroatoms. The van der Waals surface area contributed by atoms with Gasteiger partial charge in [0, 0.05) is 23.0 Å². The van der Waals surface area contributed by atoms with E-state index < -0.39 is 0 Å². The van der Waals surface area contributed by atoms with Crippen molar-refractivity contribution in [1.29, 1.82) is 0 Å². The van der Waals surface area contributed by atoms with Gasteiger partial charge in [0.25, 0.3) is 5.91 Å². The first-order valence-electron chi connectivity index (χ1n) is 10.0. The normalized spacial score (nSPS) is 16.0. The first kappa shape index (κ1) is 18.1. The minimum absolute atomic E-state index is 0.0165. The zero-order valence-electron chi connectivity index (χ0n) is 16.6. The average Bonchev–Trinajstić information content (AvgIpc) is 3.27. The van der Waals surface area contributed by atoms with Gasteiger partial charge in [0.15, 0.2) is 0 Å². The number of thiophene rings is 1. The van der Waals surface area contributed by atoms with Gasteiger partial charge in [-0.3, -0.25) is 4.79 Å². The monoisotopic (exact) mass is 401 g/mol. The van der Waals surface area contributed by atoms with Crippen LogP contribution < -0.4 is 5.32 Å². The van der Waals surface area contributed by atoms with Crippen LogP contribution >= 0.6 is 11.3 Å². The van der Waals surface area contributed by atoms with E-state index in [9.17, 15) is 4.79 Å². The second-order valence-electron chi connectivity index (χ2n) is 7.70. The fraction of sp³-hybridized carbons (Fsp3) is 0.250. The van der Waals surface area contributed by atoms with Crippen LogP contribution in [0.15, 0.2) is 54.7 Å². The van der Waals surface area contributed by atoms with Crippen molar-refractivity contribution in [2.75, 3.05) is 0 Å². The van der Waals surface area contributed by atoms with Crippen molar-refractivity contribution in [2.24, 2.45) is 0 Å². The van der Waals surface area contributed by atoms with Crippen LogP contribution in [-0.4, -0.2) is 15.5 Å². The molecule has 5 rings (SSSR count). The number of benzene rings is 1. The first-order chi connectivity index (χ1) is 14.1. The molecule has 0 radical (unpaired) electrons. The Morgan fingerprint density at radius 1 is 1.10 bits per heavy atom. The summed E-state index contributed by atoms with van der Waals surface area (Å²) in [6, 6.07) is 16.7. The van der Waals surface area contributed by atoms with E-state index in [1.165, 1.54) is 22.5 Å². The smallest absolute Gasteiger partial charge is 0.264 e. The Labute approximate surface area is 174 Å². The summed E-state index contributed by atoms with van der Waals surface area (Å²) in [4.78, 5) is 19.6. The number of aryl methyl sites for hydroxylation is 3. The maximum atomic E-state index is 13.5. The van der Waals surface area contributed by atoms with Gasteiger partial charge in [-0.1, -0.05) is 24.3 Å². The molecule has 1 N–H and O–H groups in total.